The molecule has 5 nitrogen and oxygen atoms in total. The molecule has 0 spiro atoms. The summed E-state index contributed by atoms with van der Waals surface area (Å²) in [5.41, 5.74) is -0.867. The summed E-state index contributed by atoms with van der Waals surface area (Å²) >= 11 is 0. The molecule has 0 saturated heterocycles. The van der Waals surface area contributed by atoms with Gasteiger partial charge >= 0.3 is 6.18 Å². The molecular formula is C15H22F3IN4O. The molecule has 9 heteroatoms. The van der Waals surface area contributed by atoms with E-state index in [-0.39, 0.29) is 30.6 Å². The number of nitrogens with one attached hydrogen (secondary N) is 2. The van der Waals surface area contributed by atoms with Gasteiger partial charge in [-0.25, -0.2) is 4.98 Å². The van der Waals surface area contributed by atoms with E-state index < -0.39 is 17.6 Å². The Labute approximate surface area is 156 Å². The van der Waals surface area contributed by atoms with Crippen molar-refractivity contribution in [2.24, 2.45) is 4.99 Å². The third-order valence-electron chi connectivity index (χ3n) is 3.63. The van der Waals surface area contributed by atoms with Crippen LogP contribution in [0.15, 0.2) is 23.3 Å². The minimum absolute atomic E-state index is 0. The molecule has 1 saturated carbocycles. The van der Waals surface area contributed by atoms with Crippen LogP contribution < -0.4 is 15.4 Å². The lowest BCUT2D eigenvalue weighted by atomic mass is 10.2. The van der Waals surface area contributed by atoms with Crippen LogP contribution in [0, 0.1) is 0 Å². The fourth-order valence-corrected chi connectivity index (χ4v) is 2.50. The maximum atomic E-state index is 12.8. The number of nitrogens with zero attached hydrogens (tertiary/aromatic N) is 2. The Morgan fingerprint density at radius 1 is 1.38 bits per heavy atom. The summed E-state index contributed by atoms with van der Waals surface area (Å²) in [6, 6.07) is 2.60. The molecule has 1 fully saturated rings. The summed E-state index contributed by atoms with van der Waals surface area (Å²) in [4.78, 5) is 7.75. The minimum atomic E-state index is -4.48. The first-order chi connectivity index (χ1) is 11.0. The van der Waals surface area contributed by atoms with Crippen molar-refractivity contribution in [1.29, 1.82) is 0 Å². The van der Waals surface area contributed by atoms with Crippen molar-refractivity contribution in [3.63, 3.8) is 0 Å². The summed E-state index contributed by atoms with van der Waals surface area (Å²) in [7, 11) is 1.66. The van der Waals surface area contributed by atoms with Crippen molar-refractivity contribution in [2.75, 3.05) is 20.2 Å². The first kappa shape index (κ1) is 20.8. The van der Waals surface area contributed by atoms with Gasteiger partial charge in [-0.3, -0.25) is 4.99 Å². The maximum Gasteiger partial charge on any atom is 0.421 e. The third kappa shape index (κ3) is 6.33. The Hall–Kier alpha value is -1.26. The number of guanidine groups is 1. The zero-order valence-corrected chi connectivity index (χ0v) is 15.7. The monoisotopic (exact) mass is 458 g/mol. The van der Waals surface area contributed by atoms with Crippen LogP contribution in [0.3, 0.4) is 0 Å². The molecule has 0 aliphatic heterocycles. The number of rotatable bonds is 5. The number of pyridine rings is 1. The molecule has 1 aromatic rings. The highest BCUT2D eigenvalue weighted by molar-refractivity contribution is 14.0. The largest absolute Gasteiger partial charge is 0.475 e. The molecule has 2 rings (SSSR count). The summed E-state index contributed by atoms with van der Waals surface area (Å²) < 4.78 is 43.6. The average Bonchev–Trinajstić information content (AvgIpc) is 3.02. The van der Waals surface area contributed by atoms with E-state index in [1.54, 1.807) is 7.05 Å². The predicted octanol–water partition coefficient (Wildman–Crippen LogP) is 3.20. The molecule has 0 atom stereocenters. The van der Waals surface area contributed by atoms with E-state index >= 15 is 0 Å². The Kier molecular flexibility index (Phi) is 8.57. The molecule has 0 bridgehead atoms. The van der Waals surface area contributed by atoms with Crippen LogP contribution in [-0.2, 0) is 6.18 Å². The van der Waals surface area contributed by atoms with E-state index in [9.17, 15) is 13.2 Å². The number of ether oxygens (including phenoxy) is 1. The van der Waals surface area contributed by atoms with Crippen molar-refractivity contribution in [1.82, 2.24) is 15.6 Å². The zero-order chi connectivity index (χ0) is 16.7. The molecule has 1 aromatic heterocycles. The Morgan fingerprint density at radius 3 is 2.71 bits per heavy atom. The van der Waals surface area contributed by atoms with Gasteiger partial charge < -0.3 is 15.4 Å². The van der Waals surface area contributed by atoms with E-state index in [2.05, 4.69) is 20.6 Å². The van der Waals surface area contributed by atoms with Gasteiger partial charge in [-0.2, -0.15) is 13.2 Å². The molecule has 2 N–H and O–H groups in total. The smallest absolute Gasteiger partial charge is 0.421 e. The molecule has 24 heavy (non-hydrogen) atoms. The number of aliphatic imine (C=N–C) groups is 1. The molecule has 1 aliphatic carbocycles. The first-order valence-corrected chi connectivity index (χ1v) is 7.63. The highest BCUT2D eigenvalue weighted by Gasteiger charge is 2.34. The predicted molar refractivity (Wildman–Crippen MR) is 96.9 cm³/mol. The SMILES string of the molecule is CN=C(NCCOc1ncccc1C(F)(F)F)NC1CCCC1.I. The summed E-state index contributed by atoms with van der Waals surface area (Å²) in [5, 5.41) is 6.32. The van der Waals surface area contributed by atoms with Gasteiger partial charge in [-0.15, -0.1) is 24.0 Å². The molecular weight excluding hydrogens is 436 g/mol. The van der Waals surface area contributed by atoms with E-state index in [1.165, 1.54) is 25.1 Å². The van der Waals surface area contributed by atoms with Gasteiger partial charge in [0.2, 0.25) is 5.88 Å². The second-order valence-electron chi connectivity index (χ2n) is 5.33. The highest BCUT2D eigenvalue weighted by Crippen LogP contribution is 2.34. The molecule has 0 radical (unpaired) electrons. The van der Waals surface area contributed by atoms with Gasteiger partial charge in [0.1, 0.15) is 12.2 Å². The van der Waals surface area contributed by atoms with Crippen molar-refractivity contribution >= 4 is 29.9 Å². The molecule has 136 valence electrons. The maximum absolute atomic E-state index is 12.8. The van der Waals surface area contributed by atoms with Gasteiger partial charge in [-0.1, -0.05) is 12.8 Å². The van der Waals surface area contributed by atoms with Crippen molar-refractivity contribution < 1.29 is 17.9 Å². The quantitative estimate of drug-likeness (QED) is 0.308. The summed E-state index contributed by atoms with van der Waals surface area (Å²) in [6.45, 7) is 0.395. The standard InChI is InChI=1S/C15H21F3N4O.HI/c1-19-14(22-11-5-2-3-6-11)21-9-10-23-13-12(15(16,17)18)7-4-8-20-13;/h4,7-8,11H,2-3,5-6,9-10H2,1H3,(H2,19,21,22);1H. The molecule has 0 unspecified atom stereocenters. The van der Waals surface area contributed by atoms with E-state index in [4.69, 9.17) is 4.74 Å². The van der Waals surface area contributed by atoms with Gasteiger partial charge in [0.05, 0.1) is 6.54 Å². The van der Waals surface area contributed by atoms with Crippen molar-refractivity contribution in [3.05, 3.63) is 23.9 Å². The lowest BCUT2D eigenvalue weighted by Gasteiger charge is -2.17. The third-order valence-corrected chi connectivity index (χ3v) is 3.63. The van der Waals surface area contributed by atoms with Crippen LogP contribution >= 0.6 is 24.0 Å². The molecule has 1 heterocycles. The lowest BCUT2D eigenvalue weighted by molar-refractivity contribution is -0.139. The van der Waals surface area contributed by atoms with Crippen LogP contribution in [0.1, 0.15) is 31.2 Å². The molecule has 0 amide bonds. The minimum Gasteiger partial charge on any atom is -0.475 e. The number of halogens is 4. The number of alkyl halides is 3. The van der Waals surface area contributed by atoms with Crippen molar-refractivity contribution in [3.8, 4) is 5.88 Å². The van der Waals surface area contributed by atoms with E-state index in [0.29, 0.717) is 18.5 Å². The average molecular weight is 458 g/mol. The lowest BCUT2D eigenvalue weighted by Crippen LogP contribution is -2.43. The normalized spacial score (nSPS) is 15.8. The topological polar surface area (TPSA) is 58.5 Å². The fourth-order valence-electron chi connectivity index (χ4n) is 2.50. The highest BCUT2D eigenvalue weighted by atomic mass is 127. The Morgan fingerprint density at radius 2 is 2.08 bits per heavy atom. The van der Waals surface area contributed by atoms with Crippen LogP contribution in [0.2, 0.25) is 0 Å². The summed E-state index contributed by atoms with van der Waals surface area (Å²) in [5.74, 6) is 0.234. The molecule has 0 aromatic carbocycles. The first-order valence-electron chi connectivity index (χ1n) is 7.63. The Bertz CT molecular complexity index is 534. The number of hydrogen-bond acceptors (Lipinski definition) is 3. The molecule has 1 aliphatic rings. The fraction of sp³-hybridized carbons (Fsp3) is 0.600. The van der Waals surface area contributed by atoms with Gasteiger partial charge in [0, 0.05) is 19.3 Å². The zero-order valence-electron chi connectivity index (χ0n) is 13.4. The van der Waals surface area contributed by atoms with Crippen LogP contribution in [0.25, 0.3) is 0 Å². The number of hydrogen-bond donors (Lipinski definition) is 2. The van der Waals surface area contributed by atoms with Gasteiger partial charge in [0.15, 0.2) is 5.96 Å². The van der Waals surface area contributed by atoms with E-state index in [1.807, 2.05) is 0 Å². The second kappa shape index (κ2) is 9.90. The van der Waals surface area contributed by atoms with Crippen LogP contribution in [-0.4, -0.2) is 37.2 Å². The van der Waals surface area contributed by atoms with E-state index in [0.717, 1.165) is 18.9 Å². The summed E-state index contributed by atoms with van der Waals surface area (Å²) in [6.07, 6.45) is 1.44. The second-order valence-corrected chi connectivity index (χ2v) is 5.33. The van der Waals surface area contributed by atoms with Gasteiger partial charge in [0.25, 0.3) is 0 Å². The van der Waals surface area contributed by atoms with Crippen LogP contribution in [0.4, 0.5) is 13.2 Å². The number of aromatic nitrogens is 1. The van der Waals surface area contributed by atoms with Crippen LogP contribution in [0.5, 0.6) is 5.88 Å². The van der Waals surface area contributed by atoms with Crippen molar-refractivity contribution in [2.45, 2.75) is 37.9 Å². The van der Waals surface area contributed by atoms with Gasteiger partial charge in [-0.05, 0) is 25.0 Å². The Balaban J connectivity index is 0.00000288.